The van der Waals surface area contributed by atoms with E-state index in [4.69, 9.17) is 17.3 Å². The lowest BCUT2D eigenvalue weighted by Crippen LogP contribution is -2.46. The first-order valence-electron chi connectivity index (χ1n) is 9.16. The van der Waals surface area contributed by atoms with Crippen LogP contribution in [0.2, 0.25) is 5.02 Å². The predicted molar refractivity (Wildman–Crippen MR) is 114 cm³/mol. The van der Waals surface area contributed by atoms with Gasteiger partial charge < -0.3 is 20.9 Å². The fourth-order valence-electron chi connectivity index (χ4n) is 3.15. The molecule has 0 bridgehead atoms. The highest BCUT2D eigenvalue weighted by molar-refractivity contribution is 6.30. The van der Waals surface area contributed by atoms with Gasteiger partial charge in [-0.2, -0.15) is 0 Å². The van der Waals surface area contributed by atoms with Gasteiger partial charge in [0.1, 0.15) is 0 Å². The number of nitrogens with two attached hydrogens (primary N) is 1. The van der Waals surface area contributed by atoms with E-state index in [1.807, 2.05) is 30.3 Å². The number of likely N-dealkylation sites (N-methyl/N-ethyl adjacent to an activating group) is 1. The van der Waals surface area contributed by atoms with Crippen LogP contribution in [0.3, 0.4) is 0 Å². The summed E-state index contributed by atoms with van der Waals surface area (Å²) in [6, 6.07) is 13.0. The zero-order chi connectivity index (χ0) is 19.2. The second-order valence-electron chi connectivity index (χ2n) is 6.57. The quantitative estimate of drug-likeness (QED) is 0.609. The number of carbonyl (C=O) groups is 1. The van der Waals surface area contributed by atoms with Crippen molar-refractivity contribution in [2.45, 2.75) is 6.92 Å². The summed E-state index contributed by atoms with van der Waals surface area (Å²) in [5, 5.41) is 3.64. The Hall–Kier alpha value is -2.50. The third kappa shape index (κ3) is 5.25. The van der Waals surface area contributed by atoms with E-state index in [1.165, 1.54) is 6.08 Å². The molecule has 1 heterocycles. The van der Waals surface area contributed by atoms with Gasteiger partial charge in [-0.1, -0.05) is 30.7 Å². The molecule has 0 aliphatic carbocycles. The number of nitrogen functional groups attached to an aromatic ring is 1. The number of hydrogen-bond acceptors (Lipinski definition) is 4. The number of benzene rings is 2. The molecule has 0 radical (unpaired) electrons. The van der Waals surface area contributed by atoms with E-state index in [0.29, 0.717) is 10.7 Å². The first-order valence-corrected chi connectivity index (χ1v) is 9.54. The van der Waals surface area contributed by atoms with Gasteiger partial charge in [-0.15, -0.1) is 0 Å². The Morgan fingerprint density at radius 3 is 2.52 bits per heavy atom. The molecule has 1 aliphatic rings. The molecule has 0 saturated carbocycles. The fraction of sp³-hybridized carbons (Fsp3) is 0.286. The van der Waals surface area contributed by atoms with Crippen molar-refractivity contribution in [2.24, 2.45) is 0 Å². The van der Waals surface area contributed by atoms with Crippen molar-refractivity contribution in [1.29, 1.82) is 0 Å². The zero-order valence-corrected chi connectivity index (χ0v) is 16.2. The van der Waals surface area contributed by atoms with Gasteiger partial charge in [0, 0.05) is 43.0 Å². The van der Waals surface area contributed by atoms with E-state index in [-0.39, 0.29) is 5.91 Å². The average Bonchev–Trinajstić information content (AvgIpc) is 2.68. The Kier molecular flexibility index (Phi) is 6.37. The van der Waals surface area contributed by atoms with Crippen LogP contribution in [-0.2, 0) is 4.79 Å². The van der Waals surface area contributed by atoms with E-state index in [2.05, 4.69) is 22.0 Å². The number of carbonyl (C=O) groups excluding carboxylic acids is 1. The number of rotatable bonds is 5. The standard InChI is InChI=1S/C21H25ClN4O/c1-2-25-11-13-26(14-12-25)20-9-8-18(23)15-19(20)24-21(27)10-5-16-3-6-17(22)7-4-16/h3-10,15H,2,11-14,23H2,1H3,(H,24,27)/b10-5+. The number of piperazine rings is 1. The zero-order valence-electron chi connectivity index (χ0n) is 15.5. The lowest BCUT2D eigenvalue weighted by atomic mass is 10.2. The predicted octanol–water partition coefficient (Wildman–Crippen LogP) is 3.72. The van der Waals surface area contributed by atoms with Crippen LogP contribution >= 0.6 is 11.6 Å². The van der Waals surface area contributed by atoms with Crippen molar-refractivity contribution < 1.29 is 4.79 Å². The van der Waals surface area contributed by atoms with Crippen LogP contribution in [0.25, 0.3) is 6.08 Å². The summed E-state index contributed by atoms with van der Waals surface area (Å²) in [5.41, 5.74) is 9.24. The van der Waals surface area contributed by atoms with E-state index < -0.39 is 0 Å². The summed E-state index contributed by atoms with van der Waals surface area (Å²) in [6.45, 7) is 7.14. The Balaban J connectivity index is 1.71. The van der Waals surface area contributed by atoms with Crippen LogP contribution < -0.4 is 16.0 Å². The molecule has 1 aliphatic heterocycles. The average molecular weight is 385 g/mol. The fourth-order valence-corrected chi connectivity index (χ4v) is 3.28. The van der Waals surface area contributed by atoms with Gasteiger partial charge >= 0.3 is 0 Å². The second kappa shape index (κ2) is 8.93. The van der Waals surface area contributed by atoms with Crippen LogP contribution in [0.1, 0.15) is 12.5 Å². The number of nitrogens with zero attached hydrogens (tertiary/aromatic N) is 2. The lowest BCUT2D eigenvalue weighted by Gasteiger charge is -2.36. The lowest BCUT2D eigenvalue weighted by molar-refractivity contribution is -0.111. The normalized spacial score (nSPS) is 15.3. The molecule has 5 nitrogen and oxygen atoms in total. The van der Waals surface area contributed by atoms with E-state index in [0.717, 1.165) is 49.7 Å². The van der Waals surface area contributed by atoms with Crippen LogP contribution in [0.15, 0.2) is 48.5 Å². The number of hydrogen-bond donors (Lipinski definition) is 2. The Morgan fingerprint density at radius 2 is 1.85 bits per heavy atom. The highest BCUT2D eigenvalue weighted by Gasteiger charge is 2.19. The summed E-state index contributed by atoms with van der Waals surface area (Å²) >= 11 is 5.88. The molecule has 2 aromatic rings. The van der Waals surface area contributed by atoms with Crippen molar-refractivity contribution in [1.82, 2.24) is 4.90 Å². The van der Waals surface area contributed by atoms with E-state index in [1.54, 1.807) is 18.2 Å². The summed E-state index contributed by atoms with van der Waals surface area (Å²) in [4.78, 5) is 17.1. The molecule has 27 heavy (non-hydrogen) atoms. The Bertz CT molecular complexity index is 811. The molecule has 142 valence electrons. The molecule has 0 unspecified atom stereocenters. The maximum Gasteiger partial charge on any atom is 0.248 e. The molecule has 1 saturated heterocycles. The van der Waals surface area contributed by atoms with Gasteiger partial charge in [-0.25, -0.2) is 0 Å². The van der Waals surface area contributed by atoms with Gasteiger partial charge in [-0.3, -0.25) is 4.79 Å². The van der Waals surface area contributed by atoms with Crippen molar-refractivity contribution >= 4 is 40.6 Å². The minimum atomic E-state index is -0.191. The molecule has 3 N–H and O–H groups in total. The van der Waals surface area contributed by atoms with Crippen molar-refractivity contribution in [3.05, 3.63) is 59.1 Å². The molecule has 0 aromatic heterocycles. The topological polar surface area (TPSA) is 61.6 Å². The van der Waals surface area contributed by atoms with Crippen molar-refractivity contribution in [2.75, 3.05) is 48.7 Å². The van der Waals surface area contributed by atoms with Gasteiger partial charge in [0.05, 0.1) is 11.4 Å². The maximum atomic E-state index is 12.4. The minimum Gasteiger partial charge on any atom is -0.399 e. The highest BCUT2D eigenvalue weighted by Crippen LogP contribution is 2.29. The van der Waals surface area contributed by atoms with Crippen LogP contribution in [0.4, 0.5) is 17.1 Å². The summed E-state index contributed by atoms with van der Waals surface area (Å²) in [7, 11) is 0. The molecule has 1 amide bonds. The first-order chi connectivity index (χ1) is 13.0. The highest BCUT2D eigenvalue weighted by atomic mass is 35.5. The van der Waals surface area contributed by atoms with Crippen LogP contribution in [0.5, 0.6) is 0 Å². The minimum absolute atomic E-state index is 0.191. The Morgan fingerprint density at radius 1 is 1.15 bits per heavy atom. The molecule has 0 atom stereocenters. The van der Waals surface area contributed by atoms with Gasteiger partial charge in [0.25, 0.3) is 0 Å². The number of anilines is 3. The summed E-state index contributed by atoms with van der Waals surface area (Å²) in [5.74, 6) is -0.191. The summed E-state index contributed by atoms with van der Waals surface area (Å²) in [6.07, 6.45) is 3.28. The SMILES string of the molecule is CCN1CCN(c2ccc(N)cc2NC(=O)/C=C/c2ccc(Cl)cc2)CC1. The molecule has 2 aromatic carbocycles. The molecular formula is C21H25ClN4O. The van der Waals surface area contributed by atoms with Gasteiger partial charge in [0.2, 0.25) is 5.91 Å². The maximum absolute atomic E-state index is 12.4. The molecule has 0 spiro atoms. The monoisotopic (exact) mass is 384 g/mol. The molecular weight excluding hydrogens is 360 g/mol. The third-order valence-electron chi connectivity index (χ3n) is 4.74. The van der Waals surface area contributed by atoms with Gasteiger partial charge in [0.15, 0.2) is 0 Å². The molecule has 1 fully saturated rings. The smallest absolute Gasteiger partial charge is 0.248 e. The molecule has 6 heteroatoms. The van der Waals surface area contributed by atoms with Crippen LogP contribution in [-0.4, -0.2) is 43.5 Å². The van der Waals surface area contributed by atoms with E-state index >= 15 is 0 Å². The number of amides is 1. The number of halogens is 1. The van der Waals surface area contributed by atoms with Crippen LogP contribution in [0, 0.1) is 0 Å². The van der Waals surface area contributed by atoms with Gasteiger partial charge in [-0.05, 0) is 48.5 Å². The van der Waals surface area contributed by atoms with E-state index in [9.17, 15) is 4.79 Å². The first kappa shape index (κ1) is 19.3. The molecule has 3 rings (SSSR count). The number of nitrogens with one attached hydrogen (secondary N) is 1. The third-order valence-corrected chi connectivity index (χ3v) is 4.99. The van der Waals surface area contributed by atoms with Crippen molar-refractivity contribution in [3.8, 4) is 0 Å². The Labute approximate surface area is 165 Å². The largest absolute Gasteiger partial charge is 0.399 e. The second-order valence-corrected chi connectivity index (χ2v) is 7.01. The summed E-state index contributed by atoms with van der Waals surface area (Å²) < 4.78 is 0. The van der Waals surface area contributed by atoms with Crippen molar-refractivity contribution in [3.63, 3.8) is 0 Å².